The third-order valence-corrected chi connectivity index (χ3v) is 7.27. The molecule has 2 N–H and O–H groups in total. The van der Waals surface area contributed by atoms with E-state index in [1.165, 1.54) is 9.87 Å². The summed E-state index contributed by atoms with van der Waals surface area (Å²) >= 11 is 0. The van der Waals surface area contributed by atoms with Crippen molar-refractivity contribution in [2.24, 2.45) is 0 Å². The van der Waals surface area contributed by atoms with Crippen molar-refractivity contribution in [3.8, 4) is 0 Å². The lowest BCUT2D eigenvalue weighted by molar-refractivity contribution is -0.895. The Bertz CT molecular complexity index is 930. The largest absolute Gasteiger partial charge is 0.325 e. The summed E-state index contributed by atoms with van der Waals surface area (Å²) in [6.45, 7) is 8.61. The van der Waals surface area contributed by atoms with E-state index in [2.05, 4.69) is 19.2 Å². The fourth-order valence-electron chi connectivity index (χ4n) is 3.46. The minimum absolute atomic E-state index is 0.0489. The number of nitrogens with zero attached hydrogens (tertiary/aromatic N) is 1. The Morgan fingerprint density at radius 3 is 2.17 bits per heavy atom. The van der Waals surface area contributed by atoms with Gasteiger partial charge in [-0.05, 0) is 42.7 Å². The number of hydrogen-bond acceptors (Lipinski definition) is 3. The standard InChI is InChI=1S/C22H29N3O3S/c1-17(2)19-6-8-20(9-7-19)23-22(26)16-24-12-14-25(15-13-24)29(27,28)21-10-4-18(3)5-11-21/h4-11,17H,12-16H2,1-3H3,(H,23,26)/p+1. The van der Waals surface area contributed by atoms with Crippen LogP contribution in [0.1, 0.15) is 30.9 Å². The topological polar surface area (TPSA) is 70.9 Å². The minimum Gasteiger partial charge on any atom is -0.325 e. The van der Waals surface area contributed by atoms with Crippen LogP contribution in [0.5, 0.6) is 0 Å². The van der Waals surface area contributed by atoms with Crippen molar-refractivity contribution in [3.05, 3.63) is 59.7 Å². The molecule has 29 heavy (non-hydrogen) atoms. The Balaban J connectivity index is 1.51. The number of anilines is 1. The summed E-state index contributed by atoms with van der Waals surface area (Å²) in [6, 6.07) is 14.8. The average Bonchev–Trinajstić information content (AvgIpc) is 2.69. The predicted molar refractivity (Wildman–Crippen MR) is 115 cm³/mol. The van der Waals surface area contributed by atoms with Crippen molar-refractivity contribution < 1.29 is 18.1 Å². The highest BCUT2D eigenvalue weighted by Gasteiger charge is 2.31. The number of piperazine rings is 1. The first-order chi connectivity index (χ1) is 13.8. The van der Waals surface area contributed by atoms with E-state index < -0.39 is 10.0 Å². The minimum atomic E-state index is -3.47. The van der Waals surface area contributed by atoms with E-state index in [1.54, 1.807) is 12.1 Å². The average molecular weight is 417 g/mol. The molecule has 6 nitrogen and oxygen atoms in total. The summed E-state index contributed by atoms with van der Waals surface area (Å²) in [4.78, 5) is 13.8. The number of carbonyl (C=O) groups is 1. The molecule has 2 aromatic rings. The molecule has 1 fully saturated rings. The van der Waals surface area contributed by atoms with Crippen molar-refractivity contribution in [3.63, 3.8) is 0 Å². The maximum absolute atomic E-state index is 12.8. The van der Waals surface area contributed by atoms with E-state index in [-0.39, 0.29) is 5.91 Å². The van der Waals surface area contributed by atoms with Gasteiger partial charge in [-0.1, -0.05) is 43.7 Å². The molecular weight excluding hydrogens is 386 g/mol. The Hall–Kier alpha value is -2.22. The van der Waals surface area contributed by atoms with Crippen molar-refractivity contribution in [1.82, 2.24) is 4.31 Å². The summed E-state index contributed by atoms with van der Waals surface area (Å²) in [7, 11) is -3.47. The van der Waals surface area contributed by atoms with Gasteiger partial charge >= 0.3 is 0 Å². The summed E-state index contributed by atoms with van der Waals surface area (Å²) in [5.41, 5.74) is 3.06. The molecule has 0 spiro atoms. The molecule has 2 aromatic carbocycles. The third-order valence-electron chi connectivity index (χ3n) is 5.36. The van der Waals surface area contributed by atoms with Crippen LogP contribution >= 0.6 is 0 Å². The SMILES string of the molecule is Cc1ccc(S(=O)(=O)N2CC[NH+](CC(=O)Nc3ccc(C(C)C)cc3)CC2)cc1. The van der Waals surface area contributed by atoms with Gasteiger partial charge in [-0.2, -0.15) is 4.31 Å². The number of sulfonamides is 1. The van der Waals surface area contributed by atoms with E-state index in [9.17, 15) is 13.2 Å². The predicted octanol–water partition coefficient (Wildman–Crippen LogP) is 1.65. The van der Waals surface area contributed by atoms with Crippen LogP contribution in [-0.2, 0) is 14.8 Å². The van der Waals surface area contributed by atoms with E-state index >= 15 is 0 Å². The summed E-state index contributed by atoms with van der Waals surface area (Å²) < 4.78 is 27.1. The highest BCUT2D eigenvalue weighted by Crippen LogP contribution is 2.17. The molecular formula is C22H30N3O3S+. The molecule has 1 saturated heterocycles. The van der Waals surface area contributed by atoms with Gasteiger partial charge in [0, 0.05) is 5.69 Å². The van der Waals surface area contributed by atoms with Gasteiger partial charge in [0.05, 0.1) is 31.1 Å². The van der Waals surface area contributed by atoms with Gasteiger partial charge in [-0.25, -0.2) is 8.42 Å². The van der Waals surface area contributed by atoms with Crippen molar-refractivity contribution >= 4 is 21.6 Å². The number of nitrogens with one attached hydrogen (secondary N) is 2. The summed E-state index contributed by atoms with van der Waals surface area (Å²) in [6.07, 6.45) is 0. The van der Waals surface area contributed by atoms with Gasteiger partial charge in [-0.15, -0.1) is 0 Å². The molecule has 0 saturated carbocycles. The molecule has 156 valence electrons. The number of carbonyl (C=O) groups excluding carboxylic acids is 1. The van der Waals surface area contributed by atoms with Crippen molar-refractivity contribution in [1.29, 1.82) is 0 Å². The molecule has 3 rings (SSSR count). The lowest BCUT2D eigenvalue weighted by Crippen LogP contribution is -3.15. The summed E-state index contributed by atoms with van der Waals surface area (Å²) in [5.74, 6) is 0.406. The van der Waals surface area contributed by atoms with Crippen LogP contribution in [0.15, 0.2) is 53.4 Å². The maximum Gasteiger partial charge on any atom is 0.279 e. The monoisotopic (exact) mass is 416 g/mol. The first-order valence-corrected chi connectivity index (χ1v) is 11.5. The zero-order valence-corrected chi connectivity index (χ0v) is 18.1. The number of benzene rings is 2. The third kappa shape index (κ3) is 5.44. The van der Waals surface area contributed by atoms with Gasteiger partial charge in [0.15, 0.2) is 6.54 Å². The number of hydrogen-bond donors (Lipinski definition) is 2. The summed E-state index contributed by atoms with van der Waals surface area (Å²) in [5, 5.41) is 2.94. The maximum atomic E-state index is 12.8. The molecule has 0 aromatic heterocycles. The van der Waals surface area contributed by atoms with Gasteiger partial charge in [-0.3, -0.25) is 4.79 Å². The van der Waals surface area contributed by atoms with E-state index in [4.69, 9.17) is 0 Å². The van der Waals surface area contributed by atoms with E-state index in [0.717, 1.165) is 16.2 Å². The second kappa shape index (κ2) is 9.07. The number of quaternary nitrogens is 1. The molecule has 7 heteroatoms. The Morgan fingerprint density at radius 2 is 1.62 bits per heavy atom. The lowest BCUT2D eigenvalue weighted by Gasteiger charge is -2.31. The van der Waals surface area contributed by atoms with Crippen LogP contribution in [0.3, 0.4) is 0 Å². The van der Waals surface area contributed by atoms with Crippen molar-refractivity contribution in [2.75, 3.05) is 38.0 Å². The highest BCUT2D eigenvalue weighted by molar-refractivity contribution is 7.89. The van der Waals surface area contributed by atoms with Crippen LogP contribution in [0.25, 0.3) is 0 Å². The zero-order valence-electron chi connectivity index (χ0n) is 17.3. The van der Waals surface area contributed by atoms with Crippen LogP contribution in [0.2, 0.25) is 0 Å². The Labute approximate surface area is 173 Å². The molecule has 1 heterocycles. The number of amides is 1. The first kappa shape index (κ1) is 21.5. The molecule has 1 amide bonds. The van der Waals surface area contributed by atoms with Crippen LogP contribution in [-0.4, -0.2) is 51.4 Å². The van der Waals surface area contributed by atoms with E-state index in [1.807, 2.05) is 43.3 Å². The Kier molecular flexibility index (Phi) is 6.72. The molecule has 1 aliphatic heterocycles. The highest BCUT2D eigenvalue weighted by atomic mass is 32.2. The van der Waals surface area contributed by atoms with E-state index in [0.29, 0.717) is 43.5 Å². The lowest BCUT2D eigenvalue weighted by atomic mass is 10.0. The number of rotatable bonds is 6. The second-order valence-electron chi connectivity index (χ2n) is 7.97. The van der Waals surface area contributed by atoms with Gasteiger partial charge in [0.2, 0.25) is 10.0 Å². The van der Waals surface area contributed by atoms with Crippen LogP contribution < -0.4 is 10.2 Å². The fourth-order valence-corrected chi connectivity index (χ4v) is 4.90. The van der Waals surface area contributed by atoms with Gasteiger partial charge < -0.3 is 10.2 Å². The molecule has 0 radical (unpaired) electrons. The van der Waals surface area contributed by atoms with Crippen LogP contribution in [0, 0.1) is 6.92 Å². The molecule has 0 unspecified atom stereocenters. The number of aryl methyl sites for hydroxylation is 1. The Morgan fingerprint density at radius 1 is 1.03 bits per heavy atom. The van der Waals surface area contributed by atoms with Gasteiger partial charge in [0.25, 0.3) is 5.91 Å². The molecule has 0 atom stereocenters. The first-order valence-electron chi connectivity index (χ1n) is 10.1. The van der Waals surface area contributed by atoms with Crippen LogP contribution in [0.4, 0.5) is 5.69 Å². The smallest absolute Gasteiger partial charge is 0.279 e. The normalized spacial score (nSPS) is 16.1. The van der Waals surface area contributed by atoms with Gasteiger partial charge in [0.1, 0.15) is 0 Å². The van der Waals surface area contributed by atoms with Crippen molar-refractivity contribution in [2.45, 2.75) is 31.6 Å². The second-order valence-corrected chi connectivity index (χ2v) is 9.91. The molecule has 1 aliphatic rings. The molecule has 0 aliphatic carbocycles. The molecule has 0 bridgehead atoms. The fraction of sp³-hybridized carbons (Fsp3) is 0.409. The quantitative estimate of drug-likeness (QED) is 0.752. The zero-order chi connectivity index (χ0) is 21.0.